The molecular weight excluding hydrogens is 450 g/mol. The molecular formula is C18H16Cl2F3N3O4. The molecule has 3 amide bonds. The molecule has 0 atom stereocenters. The summed E-state index contributed by atoms with van der Waals surface area (Å²) in [7, 11) is 0. The van der Waals surface area contributed by atoms with E-state index in [4.69, 9.17) is 28.3 Å². The number of aliphatic hydroxyl groups is 1. The zero-order valence-corrected chi connectivity index (χ0v) is 16.7. The van der Waals surface area contributed by atoms with Gasteiger partial charge in [-0.15, -0.1) is 13.2 Å². The van der Waals surface area contributed by atoms with Crippen LogP contribution in [0.25, 0.3) is 0 Å². The minimum atomic E-state index is -4.96. The predicted octanol–water partition coefficient (Wildman–Crippen LogP) is 4.65. The van der Waals surface area contributed by atoms with Gasteiger partial charge in [-0.05, 0) is 36.8 Å². The van der Waals surface area contributed by atoms with Gasteiger partial charge >= 0.3 is 12.4 Å². The Hall–Kier alpha value is -2.69. The fourth-order valence-corrected chi connectivity index (χ4v) is 2.83. The Balaban J connectivity index is 2.25. The van der Waals surface area contributed by atoms with Gasteiger partial charge in [0.05, 0.1) is 11.3 Å². The van der Waals surface area contributed by atoms with Gasteiger partial charge in [-0.2, -0.15) is 0 Å². The van der Waals surface area contributed by atoms with Gasteiger partial charge in [0, 0.05) is 35.0 Å². The second-order valence-electron chi connectivity index (χ2n) is 5.83. The molecule has 2 rings (SSSR count). The van der Waals surface area contributed by atoms with E-state index in [1.54, 1.807) is 0 Å². The highest BCUT2D eigenvalue weighted by Gasteiger charge is 2.31. The minimum absolute atomic E-state index is 0.109. The molecule has 0 unspecified atom stereocenters. The zero-order valence-electron chi connectivity index (χ0n) is 15.1. The third-order valence-corrected chi connectivity index (χ3v) is 3.89. The first-order chi connectivity index (χ1) is 14.1. The summed E-state index contributed by atoms with van der Waals surface area (Å²) in [6, 6.07) is 6.26. The zero-order chi connectivity index (χ0) is 22.3. The molecule has 0 aliphatic carbocycles. The number of hydrogen-bond donors (Lipinski definition) is 4. The van der Waals surface area contributed by atoms with E-state index in [1.807, 2.05) is 0 Å². The summed E-state index contributed by atoms with van der Waals surface area (Å²) in [5, 5.41) is 16.5. The molecule has 0 bridgehead atoms. The molecule has 4 N–H and O–H groups in total. The lowest BCUT2D eigenvalue weighted by molar-refractivity contribution is -0.274. The average molecular weight is 466 g/mol. The molecule has 30 heavy (non-hydrogen) atoms. The number of hydrogen-bond acceptors (Lipinski definition) is 4. The quantitative estimate of drug-likeness (QED) is 0.447. The number of carbonyl (C=O) groups excluding carboxylic acids is 2. The van der Waals surface area contributed by atoms with Gasteiger partial charge in [0.15, 0.2) is 0 Å². The molecule has 162 valence electrons. The lowest BCUT2D eigenvalue weighted by Crippen LogP contribution is -2.28. The van der Waals surface area contributed by atoms with Crippen molar-refractivity contribution in [1.29, 1.82) is 0 Å². The highest BCUT2D eigenvalue weighted by molar-refractivity contribution is 6.35. The molecule has 0 aromatic heterocycles. The lowest BCUT2D eigenvalue weighted by atomic mass is 10.1. The number of benzene rings is 2. The van der Waals surface area contributed by atoms with Crippen molar-refractivity contribution in [2.75, 3.05) is 23.8 Å². The van der Waals surface area contributed by atoms with Crippen LogP contribution in [0.1, 0.15) is 16.8 Å². The molecule has 12 heteroatoms. The number of ether oxygens (including phenoxy) is 1. The van der Waals surface area contributed by atoms with Crippen molar-refractivity contribution >= 4 is 46.5 Å². The van der Waals surface area contributed by atoms with Crippen molar-refractivity contribution in [3.05, 3.63) is 52.0 Å². The predicted molar refractivity (Wildman–Crippen MR) is 106 cm³/mol. The number of urea groups is 1. The lowest BCUT2D eigenvalue weighted by Gasteiger charge is -2.15. The Bertz CT molecular complexity index is 906. The van der Waals surface area contributed by atoms with E-state index < -0.39 is 24.1 Å². The Kier molecular flexibility index (Phi) is 8.16. The van der Waals surface area contributed by atoms with E-state index in [0.717, 1.165) is 18.2 Å². The Morgan fingerprint density at radius 2 is 1.70 bits per heavy atom. The van der Waals surface area contributed by atoms with Crippen LogP contribution in [-0.2, 0) is 0 Å². The summed E-state index contributed by atoms with van der Waals surface area (Å²) in [5.74, 6) is -1.29. The second kappa shape index (κ2) is 10.4. The third-order valence-electron chi connectivity index (χ3n) is 3.46. The molecule has 0 saturated carbocycles. The topological polar surface area (TPSA) is 99.7 Å². The smallest absolute Gasteiger partial charge is 0.406 e. The maximum absolute atomic E-state index is 12.5. The Labute approximate surface area is 179 Å². The van der Waals surface area contributed by atoms with Gasteiger partial charge in [-0.1, -0.05) is 23.2 Å². The van der Waals surface area contributed by atoms with E-state index in [9.17, 15) is 22.8 Å². The van der Waals surface area contributed by atoms with Crippen LogP contribution in [0.2, 0.25) is 10.0 Å². The highest BCUT2D eigenvalue weighted by Crippen LogP contribution is 2.28. The largest absolute Gasteiger partial charge is 0.573 e. The maximum Gasteiger partial charge on any atom is 0.573 e. The standard InChI is InChI=1S/C18H16Cl2F3N3O4/c19-10-6-11(20)8-12(7-10)25-17(29)26-15-9-13(30-18(21,22)23)2-3-14(15)16(28)24-4-1-5-27/h2-3,6-9,27H,1,4-5H2,(H,24,28)(H2,25,26,29). The molecule has 2 aromatic rings. The molecule has 0 saturated heterocycles. The van der Waals surface area contributed by atoms with Crippen LogP contribution in [0.4, 0.5) is 29.3 Å². The molecule has 0 spiro atoms. The first-order valence-electron chi connectivity index (χ1n) is 8.40. The SMILES string of the molecule is O=C(Nc1cc(Cl)cc(Cl)c1)Nc1cc(OC(F)(F)F)ccc1C(=O)NCCCO. The summed E-state index contributed by atoms with van der Waals surface area (Å²) in [6.45, 7) is -0.0306. The molecule has 2 aromatic carbocycles. The Morgan fingerprint density at radius 1 is 1.03 bits per heavy atom. The van der Waals surface area contributed by atoms with Crippen LogP contribution in [0.15, 0.2) is 36.4 Å². The number of carbonyl (C=O) groups is 2. The number of aliphatic hydroxyl groups excluding tert-OH is 1. The van der Waals surface area contributed by atoms with Crippen molar-refractivity contribution in [3.63, 3.8) is 0 Å². The summed E-state index contributed by atoms with van der Waals surface area (Å²) in [5.41, 5.74) is -0.118. The molecule has 0 radical (unpaired) electrons. The Morgan fingerprint density at radius 3 is 2.30 bits per heavy atom. The fourth-order valence-electron chi connectivity index (χ4n) is 2.31. The summed E-state index contributed by atoms with van der Waals surface area (Å²) >= 11 is 11.7. The van der Waals surface area contributed by atoms with Gasteiger partial charge in [-0.25, -0.2) is 4.79 Å². The van der Waals surface area contributed by atoms with E-state index in [-0.39, 0.29) is 46.6 Å². The van der Waals surface area contributed by atoms with Gasteiger partial charge < -0.3 is 25.8 Å². The highest BCUT2D eigenvalue weighted by atomic mass is 35.5. The van der Waals surface area contributed by atoms with Crippen LogP contribution in [0.3, 0.4) is 0 Å². The van der Waals surface area contributed by atoms with Crippen molar-refractivity contribution in [1.82, 2.24) is 5.32 Å². The number of amides is 3. The number of rotatable bonds is 7. The van der Waals surface area contributed by atoms with Crippen molar-refractivity contribution in [3.8, 4) is 5.75 Å². The van der Waals surface area contributed by atoms with Crippen LogP contribution in [0, 0.1) is 0 Å². The number of anilines is 2. The van der Waals surface area contributed by atoms with Gasteiger partial charge in [-0.3, -0.25) is 4.79 Å². The van der Waals surface area contributed by atoms with Gasteiger partial charge in [0.1, 0.15) is 5.75 Å². The van der Waals surface area contributed by atoms with Crippen LogP contribution >= 0.6 is 23.2 Å². The first-order valence-corrected chi connectivity index (χ1v) is 9.16. The van der Waals surface area contributed by atoms with E-state index in [1.165, 1.54) is 18.2 Å². The van der Waals surface area contributed by atoms with Crippen molar-refractivity contribution < 1.29 is 32.6 Å². The third kappa shape index (κ3) is 7.62. The van der Waals surface area contributed by atoms with E-state index in [0.29, 0.717) is 0 Å². The van der Waals surface area contributed by atoms with Gasteiger partial charge in [0.2, 0.25) is 0 Å². The molecule has 7 nitrogen and oxygen atoms in total. The first kappa shape index (κ1) is 23.6. The van der Waals surface area contributed by atoms with E-state index >= 15 is 0 Å². The summed E-state index contributed by atoms with van der Waals surface area (Å²) in [4.78, 5) is 24.6. The molecule has 0 heterocycles. The molecule has 0 fully saturated rings. The van der Waals surface area contributed by atoms with Crippen LogP contribution in [0.5, 0.6) is 5.75 Å². The van der Waals surface area contributed by atoms with Crippen molar-refractivity contribution in [2.45, 2.75) is 12.8 Å². The monoisotopic (exact) mass is 465 g/mol. The number of halogens is 5. The fraction of sp³-hybridized carbons (Fsp3) is 0.222. The minimum Gasteiger partial charge on any atom is -0.406 e. The second-order valence-corrected chi connectivity index (χ2v) is 6.70. The van der Waals surface area contributed by atoms with Crippen molar-refractivity contribution in [2.24, 2.45) is 0 Å². The number of nitrogens with one attached hydrogen (secondary N) is 3. The normalized spacial score (nSPS) is 11.0. The maximum atomic E-state index is 12.5. The number of alkyl halides is 3. The molecule has 0 aliphatic heterocycles. The van der Waals surface area contributed by atoms with Gasteiger partial charge in [0.25, 0.3) is 5.91 Å². The van der Waals surface area contributed by atoms with E-state index in [2.05, 4.69) is 20.7 Å². The van der Waals surface area contributed by atoms with Crippen LogP contribution < -0.4 is 20.7 Å². The summed E-state index contributed by atoms with van der Waals surface area (Å²) < 4.78 is 41.4. The molecule has 0 aliphatic rings. The van der Waals surface area contributed by atoms with Crippen LogP contribution in [-0.4, -0.2) is 36.6 Å². The average Bonchev–Trinajstić information content (AvgIpc) is 2.59. The summed E-state index contributed by atoms with van der Waals surface area (Å²) in [6.07, 6.45) is -4.68.